The van der Waals surface area contributed by atoms with E-state index in [9.17, 15) is 0 Å². The van der Waals surface area contributed by atoms with Gasteiger partial charge in [-0.25, -0.2) is 0 Å². The first kappa shape index (κ1) is 14.3. The Hall–Kier alpha value is -0.260. The van der Waals surface area contributed by atoms with E-state index in [4.69, 9.17) is 0 Å². The zero-order valence-electron chi connectivity index (χ0n) is 14.6. The number of fused-ring (bicyclic) bond motifs is 5. The zero-order chi connectivity index (χ0) is 14.8. The van der Waals surface area contributed by atoms with Gasteiger partial charge >= 0.3 is 0 Å². The van der Waals surface area contributed by atoms with E-state index >= 15 is 0 Å². The van der Waals surface area contributed by atoms with Crippen LogP contribution in [-0.2, 0) is 0 Å². The minimum absolute atomic E-state index is 0.572. The van der Waals surface area contributed by atoms with Crippen LogP contribution in [0.2, 0.25) is 0 Å². The van der Waals surface area contributed by atoms with E-state index in [1.165, 1.54) is 51.4 Å². The molecule has 0 aromatic carbocycles. The molecule has 0 aliphatic heterocycles. The molecular weight excluding hydrogens is 252 g/mol. The van der Waals surface area contributed by atoms with Crippen molar-refractivity contribution in [2.24, 2.45) is 40.4 Å². The number of hydrogen-bond donors (Lipinski definition) is 0. The van der Waals surface area contributed by atoms with Crippen molar-refractivity contribution in [2.45, 2.75) is 79.1 Å². The van der Waals surface area contributed by atoms with Crippen LogP contribution in [0.15, 0.2) is 11.6 Å². The number of hydrogen-bond acceptors (Lipinski definition) is 0. The third-order valence-electron chi connectivity index (χ3n) is 8.82. The third kappa shape index (κ3) is 1.86. The Labute approximate surface area is 131 Å². The molecule has 0 aromatic heterocycles. The summed E-state index contributed by atoms with van der Waals surface area (Å²) in [5.74, 6) is 4.94. The van der Waals surface area contributed by atoms with Gasteiger partial charge in [0, 0.05) is 0 Å². The van der Waals surface area contributed by atoms with Crippen molar-refractivity contribution in [1.82, 2.24) is 0 Å². The zero-order valence-corrected chi connectivity index (χ0v) is 14.6. The van der Waals surface area contributed by atoms with Crippen LogP contribution in [0.25, 0.3) is 0 Å². The van der Waals surface area contributed by atoms with E-state index < -0.39 is 0 Å². The summed E-state index contributed by atoms with van der Waals surface area (Å²) in [6, 6.07) is 0. The molecule has 0 amide bonds. The summed E-state index contributed by atoms with van der Waals surface area (Å²) in [6.07, 6.45) is 14.5. The fourth-order valence-electron chi connectivity index (χ4n) is 7.11. The van der Waals surface area contributed by atoms with E-state index in [2.05, 4.69) is 33.8 Å². The van der Waals surface area contributed by atoms with Gasteiger partial charge in [0.15, 0.2) is 0 Å². The van der Waals surface area contributed by atoms with Gasteiger partial charge < -0.3 is 0 Å². The van der Waals surface area contributed by atoms with Crippen molar-refractivity contribution in [1.29, 1.82) is 0 Å². The highest BCUT2D eigenvalue weighted by Crippen LogP contribution is 2.66. The van der Waals surface area contributed by atoms with Crippen LogP contribution in [0, 0.1) is 40.4 Å². The van der Waals surface area contributed by atoms with Crippen molar-refractivity contribution in [3.8, 4) is 0 Å². The quantitative estimate of drug-likeness (QED) is 0.464. The lowest BCUT2D eigenvalue weighted by molar-refractivity contribution is -0.0411. The molecule has 0 heteroatoms. The maximum Gasteiger partial charge on any atom is -0.00851 e. The summed E-state index contributed by atoms with van der Waals surface area (Å²) >= 11 is 0. The highest BCUT2D eigenvalue weighted by molar-refractivity contribution is 5.24. The SMILES string of the molecule is CC1CC[C@@]2(C)C(=CC[C@@H]3[C@@H]2CC[C@]2(C)C(C)CC[C@@H]32)C1. The van der Waals surface area contributed by atoms with Crippen molar-refractivity contribution < 1.29 is 0 Å². The lowest BCUT2D eigenvalue weighted by Crippen LogP contribution is -2.49. The maximum absolute atomic E-state index is 2.71. The maximum atomic E-state index is 2.71. The molecule has 0 aromatic rings. The Bertz CT molecular complexity index is 461. The highest BCUT2D eigenvalue weighted by atomic mass is 14.6. The van der Waals surface area contributed by atoms with Crippen LogP contribution < -0.4 is 0 Å². The molecule has 21 heavy (non-hydrogen) atoms. The summed E-state index contributed by atoms with van der Waals surface area (Å²) in [6.45, 7) is 10.3. The second kappa shape index (κ2) is 4.62. The molecular formula is C21H34. The molecule has 118 valence electrons. The smallest absolute Gasteiger partial charge is 0.00851 e. The summed E-state index contributed by atoms with van der Waals surface area (Å²) in [5.41, 5.74) is 3.10. The van der Waals surface area contributed by atoms with Gasteiger partial charge in [-0.2, -0.15) is 0 Å². The predicted octanol–water partition coefficient (Wildman–Crippen LogP) is 6.22. The van der Waals surface area contributed by atoms with Gasteiger partial charge in [0.25, 0.3) is 0 Å². The van der Waals surface area contributed by atoms with Gasteiger partial charge in [-0.3, -0.25) is 0 Å². The van der Waals surface area contributed by atoms with Crippen LogP contribution >= 0.6 is 0 Å². The van der Waals surface area contributed by atoms with E-state index in [1.807, 2.05) is 5.57 Å². The van der Waals surface area contributed by atoms with Crippen molar-refractivity contribution in [2.75, 3.05) is 0 Å². The molecule has 3 fully saturated rings. The summed E-state index contributed by atoms with van der Waals surface area (Å²) in [7, 11) is 0. The molecule has 7 atom stereocenters. The third-order valence-corrected chi connectivity index (χ3v) is 8.82. The van der Waals surface area contributed by atoms with Gasteiger partial charge in [0.1, 0.15) is 0 Å². The first-order valence-corrected chi connectivity index (χ1v) is 9.64. The molecule has 4 rings (SSSR count). The normalized spacial score (nSPS) is 56.2. The van der Waals surface area contributed by atoms with Crippen LogP contribution in [0.1, 0.15) is 79.1 Å². The van der Waals surface area contributed by atoms with Crippen molar-refractivity contribution in [3.05, 3.63) is 11.6 Å². The van der Waals surface area contributed by atoms with Crippen LogP contribution in [0.3, 0.4) is 0 Å². The average molecular weight is 287 g/mol. The molecule has 4 aliphatic carbocycles. The van der Waals surface area contributed by atoms with Gasteiger partial charge in [-0.15, -0.1) is 0 Å². The lowest BCUT2D eigenvalue weighted by atomic mass is 9.47. The summed E-state index contributed by atoms with van der Waals surface area (Å²) in [4.78, 5) is 0. The van der Waals surface area contributed by atoms with Crippen LogP contribution in [-0.4, -0.2) is 0 Å². The second-order valence-electron chi connectivity index (χ2n) is 9.63. The minimum Gasteiger partial charge on any atom is -0.0845 e. The largest absolute Gasteiger partial charge is 0.0845 e. The molecule has 0 radical (unpaired) electrons. The number of allylic oxidation sites excluding steroid dienone is 2. The number of rotatable bonds is 0. The average Bonchev–Trinajstić information content (AvgIpc) is 2.76. The fraction of sp³-hybridized carbons (Fsp3) is 0.905. The molecule has 4 aliphatic rings. The Morgan fingerprint density at radius 2 is 1.76 bits per heavy atom. The van der Waals surface area contributed by atoms with E-state index in [1.54, 1.807) is 0 Å². The lowest BCUT2D eigenvalue weighted by Gasteiger charge is -2.58. The molecule has 0 nitrogen and oxygen atoms in total. The summed E-state index contributed by atoms with van der Waals surface area (Å²) < 4.78 is 0. The Morgan fingerprint density at radius 3 is 2.57 bits per heavy atom. The molecule has 0 heterocycles. The van der Waals surface area contributed by atoms with Gasteiger partial charge in [-0.1, -0.05) is 39.3 Å². The summed E-state index contributed by atoms with van der Waals surface area (Å²) in [5, 5.41) is 0. The van der Waals surface area contributed by atoms with Crippen LogP contribution in [0.4, 0.5) is 0 Å². The topological polar surface area (TPSA) is 0 Å². The van der Waals surface area contributed by atoms with E-state index in [0.717, 1.165) is 29.6 Å². The molecule has 3 saturated carbocycles. The molecule has 0 spiro atoms. The predicted molar refractivity (Wildman–Crippen MR) is 90.0 cm³/mol. The van der Waals surface area contributed by atoms with Gasteiger partial charge in [0.2, 0.25) is 0 Å². The van der Waals surface area contributed by atoms with Crippen LogP contribution in [0.5, 0.6) is 0 Å². The minimum atomic E-state index is 0.572. The fourth-order valence-corrected chi connectivity index (χ4v) is 7.11. The first-order chi connectivity index (χ1) is 9.95. The molecule has 0 N–H and O–H groups in total. The van der Waals surface area contributed by atoms with E-state index in [0.29, 0.717) is 10.8 Å². The van der Waals surface area contributed by atoms with Crippen molar-refractivity contribution >= 4 is 0 Å². The van der Waals surface area contributed by atoms with Gasteiger partial charge in [-0.05, 0) is 91.8 Å². The van der Waals surface area contributed by atoms with Gasteiger partial charge in [0.05, 0.1) is 0 Å². The Morgan fingerprint density at radius 1 is 0.952 bits per heavy atom. The molecule has 0 saturated heterocycles. The second-order valence-corrected chi connectivity index (χ2v) is 9.63. The highest BCUT2D eigenvalue weighted by Gasteiger charge is 2.57. The first-order valence-electron chi connectivity index (χ1n) is 9.64. The molecule has 0 bridgehead atoms. The standard InChI is InChI=1S/C21H34/c1-14-9-11-21(4)16(13-14)6-7-17-18-8-5-15(2)20(18,3)12-10-19(17)21/h6,14-15,17-19H,5,7-13H2,1-4H3/t14?,15?,17-,18-,19-,20+,21-/m0/s1. The van der Waals surface area contributed by atoms with Crippen molar-refractivity contribution in [3.63, 3.8) is 0 Å². The Kier molecular flexibility index (Phi) is 3.15. The Balaban J connectivity index is 1.68. The monoisotopic (exact) mass is 286 g/mol. The van der Waals surface area contributed by atoms with E-state index in [-0.39, 0.29) is 0 Å². The molecule has 2 unspecified atom stereocenters.